The summed E-state index contributed by atoms with van der Waals surface area (Å²) in [7, 11) is 0. The highest BCUT2D eigenvalue weighted by atomic mass is 32.1. The molecule has 9 heteroatoms. The van der Waals surface area contributed by atoms with Crippen molar-refractivity contribution in [2.45, 2.75) is 40.2 Å². The predicted molar refractivity (Wildman–Crippen MR) is 125 cm³/mol. The average Bonchev–Trinajstić information content (AvgIpc) is 3.08. The lowest BCUT2D eigenvalue weighted by Crippen LogP contribution is -2.49. The number of carbonyl (C=O) groups is 4. The molecule has 0 aliphatic carbocycles. The highest BCUT2D eigenvalue weighted by Crippen LogP contribution is 2.36. The van der Waals surface area contributed by atoms with Crippen molar-refractivity contribution >= 4 is 40.2 Å². The van der Waals surface area contributed by atoms with Crippen LogP contribution in [-0.2, 0) is 14.3 Å². The Morgan fingerprint density at radius 1 is 1.06 bits per heavy atom. The first-order valence-electron chi connectivity index (χ1n) is 9.88. The van der Waals surface area contributed by atoms with Crippen LogP contribution in [0.5, 0.6) is 0 Å². The van der Waals surface area contributed by atoms with Gasteiger partial charge in [0.2, 0.25) is 5.91 Å². The van der Waals surface area contributed by atoms with Gasteiger partial charge in [0.15, 0.2) is 6.61 Å². The number of nitrogens with one attached hydrogen (secondary N) is 3. The Balaban J connectivity index is 2.19. The van der Waals surface area contributed by atoms with E-state index in [1.165, 1.54) is 17.4 Å². The van der Waals surface area contributed by atoms with E-state index in [9.17, 15) is 19.2 Å². The van der Waals surface area contributed by atoms with Crippen molar-refractivity contribution < 1.29 is 23.9 Å². The van der Waals surface area contributed by atoms with Crippen LogP contribution in [-0.4, -0.2) is 36.0 Å². The molecule has 8 nitrogen and oxygen atoms in total. The Morgan fingerprint density at radius 3 is 2.31 bits per heavy atom. The molecule has 0 bridgehead atoms. The van der Waals surface area contributed by atoms with Crippen LogP contribution in [0.15, 0.2) is 47.4 Å². The van der Waals surface area contributed by atoms with Crippen LogP contribution in [0.1, 0.15) is 45.0 Å². The largest absolute Gasteiger partial charge is 0.452 e. The summed E-state index contributed by atoms with van der Waals surface area (Å²) in [6.07, 6.45) is 1.41. The Bertz CT molecular complexity index is 1030. The molecule has 1 heterocycles. The molecule has 0 saturated heterocycles. The number of hydrogen-bond acceptors (Lipinski definition) is 6. The Hall–Kier alpha value is -3.46. The van der Waals surface area contributed by atoms with Gasteiger partial charge in [-0.15, -0.1) is 11.3 Å². The fourth-order valence-electron chi connectivity index (χ4n) is 2.63. The summed E-state index contributed by atoms with van der Waals surface area (Å²) in [5.74, 6) is -1.94. The van der Waals surface area contributed by atoms with Crippen LogP contribution in [0.2, 0.25) is 0 Å². The van der Waals surface area contributed by atoms with Gasteiger partial charge in [-0.25, -0.2) is 9.59 Å². The monoisotopic (exact) mass is 457 g/mol. The molecule has 0 spiro atoms. The molecule has 1 aromatic carbocycles. The molecular formula is C23H27N3O5S. The van der Waals surface area contributed by atoms with Gasteiger partial charge in [-0.3, -0.25) is 14.9 Å². The summed E-state index contributed by atoms with van der Waals surface area (Å²) in [4.78, 5) is 48.9. The SMILES string of the molecule is CC(C)=CC(=O)Nc1scc(-c2ccccc2)c1C(=O)OCC(=O)NC(=O)NC(C)(C)C. The van der Waals surface area contributed by atoms with Crippen molar-refractivity contribution in [2.24, 2.45) is 0 Å². The average molecular weight is 458 g/mol. The lowest BCUT2D eigenvalue weighted by molar-refractivity contribution is -0.123. The van der Waals surface area contributed by atoms with Gasteiger partial charge in [-0.05, 0) is 40.2 Å². The molecule has 0 saturated carbocycles. The number of urea groups is 1. The molecule has 3 N–H and O–H groups in total. The quantitative estimate of drug-likeness (QED) is 0.446. The Labute approximate surface area is 191 Å². The smallest absolute Gasteiger partial charge is 0.342 e. The molecule has 0 aliphatic rings. The lowest BCUT2D eigenvalue weighted by Gasteiger charge is -2.20. The van der Waals surface area contributed by atoms with Gasteiger partial charge < -0.3 is 15.4 Å². The maximum absolute atomic E-state index is 12.9. The van der Waals surface area contributed by atoms with E-state index in [0.29, 0.717) is 10.6 Å². The van der Waals surface area contributed by atoms with Crippen LogP contribution in [0, 0.1) is 0 Å². The van der Waals surface area contributed by atoms with E-state index in [2.05, 4.69) is 16.0 Å². The van der Waals surface area contributed by atoms with Crippen molar-refractivity contribution in [3.05, 3.63) is 52.9 Å². The molecule has 2 rings (SSSR count). The summed E-state index contributed by atoms with van der Waals surface area (Å²) in [5, 5.41) is 9.43. The molecule has 0 aliphatic heterocycles. The minimum absolute atomic E-state index is 0.142. The van der Waals surface area contributed by atoms with Crippen LogP contribution in [0.3, 0.4) is 0 Å². The molecule has 0 fully saturated rings. The van der Waals surface area contributed by atoms with Crippen LogP contribution in [0.25, 0.3) is 11.1 Å². The number of carbonyl (C=O) groups excluding carboxylic acids is 4. The third-order valence-corrected chi connectivity index (χ3v) is 4.71. The topological polar surface area (TPSA) is 114 Å². The summed E-state index contributed by atoms with van der Waals surface area (Å²) < 4.78 is 5.15. The van der Waals surface area contributed by atoms with E-state index in [4.69, 9.17) is 4.74 Å². The van der Waals surface area contributed by atoms with Gasteiger partial charge in [-0.1, -0.05) is 35.9 Å². The van der Waals surface area contributed by atoms with Crippen molar-refractivity contribution in [2.75, 3.05) is 11.9 Å². The normalized spacial score (nSPS) is 10.7. The van der Waals surface area contributed by atoms with Crippen molar-refractivity contribution in [1.29, 1.82) is 0 Å². The first-order valence-corrected chi connectivity index (χ1v) is 10.8. The van der Waals surface area contributed by atoms with Gasteiger partial charge in [0.25, 0.3) is 5.91 Å². The zero-order valence-corrected chi connectivity index (χ0v) is 19.5. The van der Waals surface area contributed by atoms with Gasteiger partial charge in [0.05, 0.1) is 0 Å². The molecule has 0 atom stereocenters. The second kappa shape index (κ2) is 10.7. The number of hydrogen-bond donors (Lipinski definition) is 3. The standard InChI is InChI=1S/C23H27N3O5S/c1-14(2)11-17(27)24-20-19(16(13-32-20)15-9-7-6-8-10-15)21(29)31-12-18(28)25-22(30)26-23(3,4)5/h6-11,13H,12H2,1-5H3,(H,24,27)(H2,25,26,28,30). The number of benzene rings is 1. The third kappa shape index (κ3) is 7.66. The molecule has 32 heavy (non-hydrogen) atoms. The van der Waals surface area contributed by atoms with Crippen molar-refractivity contribution in [3.63, 3.8) is 0 Å². The predicted octanol–water partition coefficient (Wildman–Crippen LogP) is 4.10. The highest BCUT2D eigenvalue weighted by molar-refractivity contribution is 7.15. The van der Waals surface area contributed by atoms with Crippen molar-refractivity contribution in [3.8, 4) is 11.1 Å². The minimum atomic E-state index is -0.788. The number of allylic oxidation sites excluding steroid dienone is 1. The van der Waals surface area contributed by atoms with E-state index in [1.54, 1.807) is 40.0 Å². The molecule has 170 valence electrons. The van der Waals surface area contributed by atoms with E-state index < -0.39 is 30.1 Å². The minimum Gasteiger partial charge on any atom is -0.452 e. The van der Waals surface area contributed by atoms with E-state index in [0.717, 1.165) is 11.1 Å². The molecule has 1 aromatic heterocycles. The van der Waals surface area contributed by atoms with Gasteiger partial charge >= 0.3 is 12.0 Å². The molecule has 0 unspecified atom stereocenters. The second-order valence-corrected chi connectivity index (χ2v) is 9.14. The number of amides is 4. The second-order valence-electron chi connectivity index (χ2n) is 8.26. The number of imide groups is 1. The van der Waals surface area contributed by atoms with Gasteiger partial charge in [0, 0.05) is 22.6 Å². The fraction of sp³-hybridized carbons (Fsp3) is 0.304. The maximum atomic E-state index is 12.9. The maximum Gasteiger partial charge on any atom is 0.342 e. The number of rotatable bonds is 6. The zero-order chi connectivity index (χ0) is 23.9. The van der Waals surface area contributed by atoms with E-state index in [-0.39, 0.29) is 11.5 Å². The summed E-state index contributed by atoms with van der Waals surface area (Å²) in [5.41, 5.74) is 1.74. The van der Waals surface area contributed by atoms with Gasteiger partial charge in [0.1, 0.15) is 10.6 Å². The molecular weight excluding hydrogens is 430 g/mol. The van der Waals surface area contributed by atoms with Gasteiger partial charge in [-0.2, -0.15) is 0 Å². The fourth-order valence-corrected chi connectivity index (χ4v) is 3.59. The number of anilines is 1. The third-order valence-electron chi connectivity index (χ3n) is 3.81. The summed E-state index contributed by atoms with van der Waals surface area (Å²) in [6, 6.07) is 8.45. The molecule has 4 amide bonds. The number of thiophene rings is 1. The van der Waals surface area contributed by atoms with Crippen molar-refractivity contribution in [1.82, 2.24) is 10.6 Å². The molecule has 0 radical (unpaired) electrons. The van der Waals surface area contributed by atoms with E-state index >= 15 is 0 Å². The first kappa shape index (κ1) is 24.8. The Morgan fingerprint density at radius 2 is 1.72 bits per heavy atom. The van der Waals surface area contributed by atoms with Crippen LogP contribution >= 0.6 is 11.3 Å². The first-order chi connectivity index (χ1) is 15.0. The zero-order valence-electron chi connectivity index (χ0n) is 18.7. The molecule has 2 aromatic rings. The lowest BCUT2D eigenvalue weighted by atomic mass is 10.0. The summed E-state index contributed by atoms with van der Waals surface area (Å²) >= 11 is 1.18. The highest BCUT2D eigenvalue weighted by Gasteiger charge is 2.24. The van der Waals surface area contributed by atoms with Crippen LogP contribution in [0.4, 0.5) is 9.80 Å². The number of esters is 1. The summed E-state index contributed by atoms with van der Waals surface area (Å²) in [6.45, 7) is 8.22. The van der Waals surface area contributed by atoms with Crippen LogP contribution < -0.4 is 16.0 Å². The Kier molecular flexibility index (Phi) is 8.31. The number of ether oxygens (including phenoxy) is 1. The van der Waals surface area contributed by atoms with E-state index in [1.807, 2.05) is 30.3 Å².